The van der Waals surface area contributed by atoms with Gasteiger partial charge in [0.1, 0.15) is 6.61 Å². The molecule has 1 aromatic carbocycles. The van der Waals surface area contributed by atoms with Crippen molar-refractivity contribution >= 4 is 5.97 Å². The summed E-state index contributed by atoms with van der Waals surface area (Å²) < 4.78 is 11.3. The summed E-state index contributed by atoms with van der Waals surface area (Å²) in [5.74, 6) is -0.200. The Labute approximate surface area is 130 Å². The van der Waals surface area contributed by atoms with Crippen molar-refractivity contribution in [2.24, 2.45) is 0 Å². The summed E-state index contributed by atoms with van der Waals surface area (Å²) in [5, 5.41) is 3.47. The monoisotopic (exact) mass is 302 g/mol. The highest BCUT2D eigenvalue weighted by molar-refractivity contribution is 5.93. The summed E-state index contributed by atoms with van der Waals surface area (Å²) >= 11 is 0. The number of esters is 1. The second-order valence-electron chi connectivity index (χ2n) is 6.38. The van der Waals surface area contributed by atoms with E-state index in [0.29, 0.717) is 12.6 Å². The van der Waals surface area contributed by atoms with Gasteiger partial charge in [0.05, 0.1) is 11.7 Å². The number of carbonyl (C=O) groups excluding carboxylic acids is 1. The number of piperazine rings is 1. The molecule has 0 spiro atoms. The summed E-state index contributed by atoms with van der Waals surface area (Å²) in [7, 11) is 0. The number of hydrogen-bond donors (Lipinski definition) is 1. The van der Waals surface area contributed by atoms with Gasteiger partial charge in [-0.3, -0.25) is 4.90 Å². The minimum absolute atomic E-state index is 0.0871. The van der Waals surface area contributed by atoms with Gasteiger partial charge in [0.2, 0.25) is 0 Å². The predicted octanol–water partition coefficient (Wildman–Crippen LogP) is 1.40. The predicted molar refractivity (Wildman–Crippen MR) is 81.8 cm³/mol. The van der Waals surface area contributed by atoms with E-state index < -0.39 is 0 Å². The van der Waals surface area contributed by atoms with Gasteiger partial charge in [0.15, 0.2) is 0 Å². The van der Waals surface area contributed by atoms with Crippen molar-refractivity contribution in [3.05, 3.63) is 34.4 Å². The van der Waals surface area contributed by atoms with E-state index >= 15 is 0 Å². The highest BCUT2D eigenvalue weighted by Crippen LogP contribution is 2.32. The average Bonchev–Trinajstić information content (AvgIpc) is 2.79. The van der Waals surface area contributed by atoms with E-state index in [9.17, 15) is 4.79 Å². The first-order valence-corrected chi connectivity index (χ1v) is 8.10. The van der Waals surface area contributed by atoms with Crippen LogP contribution >= 0.6 is 0 Å². The van der Waals surface area contributed by atoms with Crippen LogP contribution in [0.15, 0.2) is 12.1 Å². The molecule has 4 rings (SSSR count). The minimum atomic E-state index is -0.200. The maximum Gasteiger partial charge on any atom is 0.338 e. The van der Waals surface area contributed by atoms with Gasteiger partial charge in [-0.2, -0.15) is 0 Å². The van der Waals surface area contributed by atoms with Crippen LogP contribution < -0.4 is 5.32 Å². The van der Waals surface area contributed by atoms with Crippen molar-refractivity contribution < 1.29 is 14.3 Å². The van der Waals surface area contributed by atoms with E-state index in [0.717, 1.165) is 55.9 Å². The topological polar surface area (TPSA) is 50.8 Å². The van der Waals surface area contributed by atoms with E-state index in [1.807, 2.05) is 12.1 Å². The van der Waals surface area contributed by atoms with E-state index in [2.05, 4.69) is 17.1 Å². The summed E-state index contributed by atoms with van der Waals surface area (Å²) in [6.45, 7) is 7.39. The van der Waals surface area contributed by atoms with Gasteiger partial charge < -0.3 is 14.8 Å². The molecule has 2 saturated heterocycles. The van der Waals surface area contributed by atoms with Crippen LogP contribution in [0.2, 0.25) is 0 Å². The number of hydrogen-bond acceptors (Lipinski definition) is 5. The molecule has 3 aliphatic heterocycles. The molecule has 1 N–H and O–H groups in total. The molecule has 0 amide bonds. The Morgan fingerprint density at radius 3 is 3.18 bits per heavy atom. The molecule has 5 heteroatoms. The molecule has 0 aliphatic carbocycles. The maximum atomic E-state index is 11.7. The van der Waals surface area contributed by atoms with Crippen molar-refractivity contribution in [3.63, 3.8) is 0 Å². The van der Waals surface area contributed by atoms with E-state index in [1.54, 1.807) is 0 Å². The lowest BCUT2D eigenvalue weighted by Crippen LogP contribution is -2.51. The van der Waals surface area contributed by atoms with Gasteiger partial charge in [0, 0.05) is 44.4 Å². The highest BCUT2D eigenvalue weighted by Gasteiger charge is 2.31. The van der Waals surface area contributed by atoms with Gasteiger partial charge >= 0.3 is 5.97 Å². The SMILES string of the molecule is Cc1c([C@@H]2CN3CCNC[C@H]3CCO2)ccc2c1COC2=O. The Balaban J connectivity index is 1.63. The number of fused-ring (bicyclic) bond motifs is 2. The van der Waals surface area contributed by atoms with E-state index in [1.165, 1.54) is 5.56 Å². The Kier molecular flexibility index (Phi) is 3.64. The molecule has 118 valence electrons. The molecule has 22 heavy (non-hydrogen) atoms. The molecule has 1 aromatic rings. The van der Waals surface area contributed by atoms with Crippen LogP contribution in [0.25, 0.3) is 0 Å². The smallest absolute Gasteiger partial charge is 0.338 e. The summed E-state index contributed by atoms with van der Waals surface area (Å²) in [5.41, 5.74) is 4.11. The van der Waals surface area contributed by atoms with Gasteiger partial charge in [-0.1, -0.05) is 6.07 Å². The number of cyclic esters (lactones) is 1. The second-order valence-corrected chi connectivity index (χ2v) is 6.38. The zero-order valence-corrected chi connectivity index (χ0v) is 12.9. The molecular formula is C17H22N2O3. The minimum Gasteiger partial charge on any atom is -0.457 e. The second kappa shape index (κ2) is 5.65. The van der Waals surface area contributed by atoms with E-state index in [-0.39, 0.29) is 12.1 Å². The Hall–Kier alpha value is -1.43. The molecule has 5 nitrogen and oxygen atoms in total. The lowest BCUT2D eigenvalue weighted by Gasteiger charge is -2.35. The Bertz CT molecular complexity index is 602. The number of rotatable bonds is 1. The number of nitrogens with zero attached hydrogens (tertiary/aromatic N) is 1. The maximum absolute atomic E-state index is 11.7. The van der Waals surface area contributed by atoms with Gasteiger partial charge in [0.25, 0.3) is 0 Å². The van der Waals surface area contributed by atoms with Crippen LogP contribution in [0.5, 0.6) is 0 Å². The van der Waals surface area contributed by atoms with Crippen molar-refractivity contribution in [2.75, 3.05) is 32.8 Å². The molecule has 0 radical (unpaired) electrons. The van der Waals surface area contributed by atoms with Crippen LogP contribution in [0.4, 0.5) is 0 Å². The Morgan fingerprint density at radius 2 is 2.27 bits per heavy atom. The number of benzene rings is 1. The standard InChI is InChI=1S/C17H22N2O3/c1-11-13(2-3-14-15(11)10-22-17(14)20)16-9-19-6-5-18-8-12(19)4-7-21-16/h2-3,12,16,18H,4-10H2,1H3/t12-,16+/m1/s1. The third kappa shape index (κ3) is 2.33. The fourth-order valence-electron chi connectivity index (χ4n) is 3.84. The molecule has 3 aliphatic rings. The third-order valence-electron chi connectivity index (χ3n) is 5.20. The zero-order chi connectivity index (χ0) is 15.1. The molecule has 0 saturated carbocycles. The van der Waals surface area contributed by atoms with Crippen molar-refractivity contribution in [3.8, 4) is 0 Å². The number of carbonyl (C=O) groups is 1. The normalized spacial score (nSPS) is 28.7. The van der Waals surface area contributed by atoms with Gasteiger partial charge in [-0.15, -0.1) is 0 Å². The number of nitrogens with one attached hydrogen (secondary N) is 1. The molecule has 0 aromatic heterocycles. The molecule has 2 atom stereocenters. The largest absolute Gasteiger partial charge is 0.457 e. The van der Waals surface area contributed by atoms with Crippen LogP contribution in [0, 0.1) is 6.92 Å². The van der Waals surface area contributed by atoms with Crippen molar-refractivity contribution in [1.82, 2.24) is 10.2 Å². The van der Waals surface area contributed by atoms with Crippen LogP contribution in [-0.4, -0.2) is 49.7 Å². The molecule has 0 unspecified atom stereocenters. The van der Waals surface area contributed by atoms with Gasteiger partial charge in [-0.25, -0.2) is 4.79 Å². The Morgan fingerprint density at radius 1 is 1.36 bits per heavy atom. The van der Waals surface area contributed by atoms with Crippen LogP contribution in [-0.2, 0) is 16.1 Å². The lowest BCUT2D eigenvalue weighted by molar-refractivity contribution is 0.0509. The van der Waals surface area contributed by atoms with Crippen molar-refractivity contribution in [2.45, 2.75) is 32.1 Å². The quantitative estimate of drug-likeness (QED) is 0.795. The van der Waals surface area contributed by atoms with Gasteiger partial charge in [-0.05, 0) is 30.5 Å². The molecule has 0 bridgehead atoms. The summed E-state index contributed by atoms with van der Waals surface area (Å²) in [6.07, 6.45) is 1.17. The van der Waals surface area contributed by atoms with Crippen molar-refractivity contribution in [1.29, 1.82) is 0 Å². The summed E-state index contributed by atoms with van der Waals surface area (Å²) in [4.78, 5) is 14.2. The first-order valence-electron chi connectivity index (χ1n) is 8.10. The van der Waals surface area contributed by atoms with Crippen LogP contribution in [0.1, 0.15) is 39.6 Å². The average molecular weight is 302 g/mol. The molecular weight excluding hydrogens is 280 g/mol. The highest BCUT2D eigenvalue weighted by atomic mass is 16.5. The zero-order valence-electron chi connectivity index (χ0n) is 12.9. The fraction of sp³-hybridized carbons (Fsp3) is 0.588. The third-order valence-corrected chi connectivity index (χ3v) is 5.20. The first kappa shape index (κ1) is 14.2. The lowest BCUT2D eigenvalue weighted by atomic mass is 9.95. The van der Waals surface area contributed by atoms with E-state index in [4.69, 9.17) is 9.47 Å². The van der Waals surface area contributed by atoms with Crippen LogP contribution in [0.3, 0.4) is 0 Å². The molecule has 3 heterocycles. The summed E-state index contributed by atoms with van der Waals surface area (Å²) in [6, 6.07) is 4.53. The fourth-order valence-corrected chi connectivity index (χ4v) is 3.84. The first-order chi connectivity index (χ1) is 10.7. The number of ether oxygens (including phenoxy) is 2. The molecule has 2 fully saturated rings.